The van der Waals surface area contributed by atoms with Crippen LogP contribution < -0.4 is 0 Å². The largest absolute Gasteiger partial charge is 0.293 e. The van der Waals surface area contributed by atoms with Crippen LogP contribution >= 0.6 is 0 Å². The zero-order chi connectivity index (χ0) is 39.6. The first kappa shape index (κ1) is 34.0. The van der Waals surface area contributed by atoms with E-state index in [1.54, 1.807) is 0 Å². The SMILES string of the molecule is c1ccc(-n2c3ccccc3n3c4ccccc4c(-c4cccc(-c5cccc(-c6cc(-c7ccc8ccccc8c7)nc(-c7ccc8ccccc8c7)n6)c5)c4)c23)cc1. The third-order valence-corrected chi connectivity index (χ3v) is 11.9. The van der Waals surface area contributed by atoms with Gasteiger partial charge in [-0.05, 0) is 98.9 Å². The van der Waals surface area contributed by atoms with E-state index in [0.29, 0.717) is 5.82 Å². The quantitative estimate of drug-likeness (QED) is 0.169. The molecule has 12 rings (SSSR count). The smallest absolute Gasteiger partial charge is 0.160 e. The molecule has 0 amide bonds. The molecule has 9 aromatic carbocycles. The van der Waals surface area contributed by atoms with E-state index in [2.05, 4.69) is 227 Å². The lowest BCUT2D eigenvalue weighted by Gasteiger charge is -2.12. The van der Waals surface area contributed by atoms with Crippen LogP contribution in [0.5, 0.6) is 0 Å². The zero-order valence-electron chi connectivity index (χ0n) is 32.6. The molecule has 0 bridgehead atoms. The van der Waals surface area contributed by atoms with E-state index in [4.69, 9.17) is 9.97 Å². The number of hydrogen-bond acceptors (Lipinski definition) is 2. The Morgan fingerprint density at radius 3 is 1.55 bits per heavy atom. The number of nitrogens with zero attached hydrogens (tertiary/aromatic N) is 4. The molecule has 0 aliphatic heterocycles. The Bertz CT molecular complexity index is 3510. The second kappa shape index (κ2) is 13.8. The van der Waals surface area contributed by atoms with Crippen LogP contribution in [0.1, 0.15) is 0 Å². The minimum Gasteiger partial charge on any atom is -0.293 e. The van der Waals surface area contributed by atoms with Crippen LogP contribution in [0.3, 0.4) is 0 Å². The van der Waals surface area contributed by atoms with Crippen molar-refractivity contribution in [3.05, 3.63) is 218 Å². The molecule has 0 aliphatic carbocycles. The molecular weight excluding hydrogens is 729 g/mol. The highest BCUT2D eigenvalue weighted by Gasteiger charge is 2.22. The van der Waals surface area contributed by atoms with E-state index >= 15 is 0 Å². The number of aromatic nitrogens is 4. The lowest BCUT2D eigenvalue weighted by atomic mass is 9.96. The molecule has 4 heteroatoms. The molecule has 3 heterocycles. The van der Waals surface area contributed by atoms with Gasteiger partial charge >= 0.3 is 0 Å². The summed E-state index contributed by atoms with van der Waals surface area (Å²) in [7, 11) is 0. The molecule has 280 valence electrons. The van der Waals surface area contributed by atoms with Crippen LogP contribution in [-0.4, -0.2) is 18.9 Å². The maximum absolute atomic E-state index is 5.27. The summed E-state index contributed by atoms with van der Waals surface area (Å²) in [6, 6.07) is 78.1. The standard InChI is InChI=1S/C56H36N4/c1-2-22-47(23-3-1)59-52-26-10-11-27-53(52)60-51-25-9-8-24-48(51)54(56(59)60)45-21-13-19-42(34-45)41-18-12-20-43(33-41)49-36-50(44-30-28-37-14-4-6-16-39(37)32-44)58-55(57-49)46-31-29-38-15-5-7-17-40(38)35-46/h1-36H. The molecular formula is C56H36N4. The van der Waals surface area contributed by atoms with E-state index in [0.717, 1.165) is 61.5 Å². The highest BCUT2D eigenvalue weighted by Crippen LogP contribution is 2.42. The van der Waals surface area contributed by atoms with Crippen LogP contribution in [0.15, 0.2) is 218 Å². The maximum atomic E-state index is 5.27. The highest BCUT2D eigenvalue weighted by atomic mass is 15.1. The van der Waals surface area contributed by atoms with Gasteiger partial charge in [-0.3, -0.25) is 8.97 Å². The van der Waals surface area contributed by atoms with Crippen LogP contribution in [0.2, 0.25) is 0 Å². The lowest BCUT2D eigenvalue weighted by Crippen LogP contribution is -1.96. The Morgan fingerprint density at radius 1 is 0.317 bits per heavy atom. The van der Waals surface area contributed by atoms with Crippen molar-refractivity contribution >= 4 is 49.1 Å². The summed E-state index contributed by atoms with van der Waals surface area (Å²) in [6.07, 6.45) is 0. The van der Waals surface area contributed by atoms with Crippen molar-refractivity contribution in [3.8, 4) is 61.8 Å². The zero-order valence-corrected chi connectivity index (χ0v) is 32.6. The molecule has 0 saturated carbocycles. The topological polar surface area (TPSA) is 35.1 Å². The van der Waals surface area contributed by atoms with Crippen molar-refractivity contribution in [2.45, 2.75) is 0 Å². The van der Waals surface area contributed by atoms with Gasteiger partial charge in [-0.15, -0.1) is 0 Å². The normalized spacial score (nSPS) is 11.7. The van der Waals surface area contributed by atoms with Crippen molar-refractivity contribution in [1.82, 2.24) is 18.9 Å². The fourth-order valence-corrected chi connectivity index (χ4v) is 9.02. The van der Waals surface area contributed by atoms with Gasteiger partial charge in [-0.25, -0.2) is 9.97 Å². The predicted molar refractivity (Wildman–Crippen MR) is 250 cm³/mol. The summed E-state index contributed by atoms with van der Waals surface area (Å²) in [5, 5.41) is 5.96. The Labute approximate surface area is 346 Å². The molecule has 0 saturated heterocycles. The van der Waals surface area contributed by atoms with Crippen molar-refractivity contribution in [2.75, 3.05) is 0 Å². The van der Waals surface area contributed by atoms with Crippen molar-refractivity contribution in [1.29, 1.82) is 0 Å². The Kier molecular flexibility index (Phi) is 7.82. The summed E-state index contributed by atoms with van der Waals surface area (Å²) in [4.78, 5) is 10.5. The second-order valence-electron chi connectivity index (χ2n) is 15.5. The fourth-order valence-electron chi connectivity index (χ4n) is 9.02. The molecule has 0 radical (unpaired) electrons. The molecule has 0 fully saturated rings. The lowest BCUT2D eigenvalue weighted by molar-refractivity contribution is 1.15. The first-order valence-electron chi connectivity index (χ1n) is 20.4. The van der Waals surface area contributed by atoms with Crippen LogP contribution in [0.25, 0.3) is 111 Å². The minimum absolute atomic E-state index is 0.701. The molecule has 0 unspecified atom stereocenters. The molecule has 4 nitrogen and oxygen atoms in total. The number of fused-ring (bicyclic) bond motifs is 7. The van der Waals surface area contributed by atoms with E-state index < -0.39 is 0 Å². The van der Waals surface area contributed by atoms with Gasteiger partial charge in [-0.1, -0.05) is 158 Å². The number of imidazole rings is 1. The van der Waals surface area contributed by atoms with Gasteiger partial charge in [-0.2, -0.15) is 0 Å². The highest BCUT2D eigenvalue weighted by molar-refractivity contribution is 6.09. The molecule has 3 aromatic heterocycles. The van der Waals surface area contributed by atoms with Gasteiger partial charge in [0, 0.05) is 33.3 Å². The monoisotopic (exact) mass is 764 g/mol. The molecule has 0 spiro atoms. The summed E-state index contributed by atoms with van der Waals surface area (Å²) in [6.45, 7) is 0. The number of rotatable bonds is 6. The first-order valence-corrected chi connectivity index (χ1v) is 20.4. The van der Waals surface area contributed by atoms with Gasteiger partial charge < -0.3 is 0 Å². The molecule has 60 heavy (non-hydrogen) atoms. The second-order valence-corrected chi connectivity index (χ2v) is 15.5. The third kappa shape index (κ3) is 5.61. The van der Waals surface area contributed by atoms with Gasteiger partial charge in [0.05, 0.1) is 27.9 Å². The molecule has 0 atom stereocenters. The van der Waals surface area contributed by atoms with Crippen LogP contribution in [0, 0.1) is 0 Å². The number of benzene rings is 9. The van der Waals surface area contributed by atoms with Gasteiger partial charge in [0.15, 0.2) is 5.82 Å². The first-order chi connectivity index (χ1) is 29.7. The minimum atomic E-state index is 0.701. The average molecular weight is 765 g/mol. The van der Waals surface area contributed by atoms with E-state index in [1.165, 1.54) is 43.7 Å². The van der Waals surface area contributed by atoms with E-state index in [9.17, 15) is 0 Å². The fraction of sp³-hybridized carbons (Fsp3) is 0. The summed E-state index contributed by atoms with van der Waals surface area (Å²) >= 11 is 0. The number of hydrogen-bond donors (Lipinski definition) is 0. The van der Waals surface area contributed by atoms with E-state index in [1.807, 2.05) is 0 Å². The molecule has 0 N–H and O–H groups in total. The Morgan fingerprint density at radius 2 is 0.833 bits per heavy atom. The third-order valence-electron chi connectivity index (χ3n) is 11.9. The summed E-state index contributed by atoms with van der Waals surface area (Å²) in [5.74, 6) is 0.701. The van der Waals surface area contributed by atoms with Crippen molar-refractivity contribution in [3.63, 3.8) is 0 Å². The predicted octanol–water partition coefficient (Wildman–Crippen LogP) is 14.5. The van der Waals surface area contributed by atoms with E-state index in [-0.39, 0.29) is 0 Å². The van der Waals surface area contributed by atoms with Crippen LogP contribution in [-0.2, 0) is 0 Å². The average Bonchev–Trinajstić information content (AvgIpc) is 3.84. The van der Waals surface area contributed by atoms with Gasteiger partial charge in [0.2, 0.25) is 0 Å². The summed E-state index contributed by atoms with van der Waals surface area (Å²) < 4.78 is 4.84. The maximum Gasteiger partial charge on any atom is 0.160 e. The van der Waals surface area contributed by atoms with Crippen LogP contribution in [0.4, 0.5) is 0 Å². The van der Waals surface area contributed by atoms with Crippen molar-refractivity contribution < 1.29 is 0 Å². The molecule has 12 aromatic rings. The Hall–Kier alpha value is -8.08. The van der Waals surface area contributed by atoms with Crippen molar-refractivity contribution in [2.24, 2.45) is 0 Å². The Balaban J connectivity index is 1.02. The van der Waals surface area contributed by atoms with Gasteiger partial charge in [0.25, 0.3) is 0 Å². The molecule has 0 aliphatic rings. The van der Waals surface area contributed by atoms with Gasteiger partial charge in [0.1, 0.15) is 5.65 Å². The number of para-hydroxylation sites is 4. The summed E-state index contributed by atoms with van der Waals surface area (Å²) in [5.41, 5.74) is 15.3.